The first kappa shape index (κ1) is 23.3. The van der Waals surface area contributed by atoms with E-state index >= 15 is 0 Å². The first-order chi connectivity index (χ1) is 16.9. The highest BCUT2D eigenvalue weighted by molar-refractivity contribution is 7.89. The van der Waals surface area contributed by atoms with Crippen molar-refractivity contribution in [2.24, 2.45) is 0 Å². The number of ether oxygens (including phenoxy) is 1. The zero-order valence-electron chi connectivity index (χ0n) is 18.9. The minimum atomic E-state index is -3.71. The van der Waals surface area contributed by atoms with Crippen molar-refractivity contribution in [2.75, 3.05) is 31.6 Å². The van der Waals surface area contributed by atoms with E-state index in [9.17, 15) is 18.0 Å². The normalized spacial score (nSPS) is 18.6. The Bertz CT molecular complexity index is 1330. The highest BCUT2D eigenvalue weighted by Crippen LogP contribution is 2.27. The number of anilines is 1. The number of furan rings is 1. The molecule has 2 aromatic carbocycles. The standard InChI is InChI=1S/C25H25N3O6S/c29-24(26-20-7-3-8-21(16-20)35(31,32)27-10-13-33-14-11-27)22-15-18-5-1-2-6-19(18)17-28(22)25(30)23-9-4-12-34-23/h1-9,12,16,22H,10-11,13-15,17H2,(H,26,29). The summed E-state index contributed by atoms with van der Waals surface area (Å²) in [5, 5.41) is 2.82. The molecule has 2 aliphatic rings. The number of nitrogens with one attached hydrogen (secondary N) is 1. The fourth-order valence-corrected chi connectivity index (χ4v) is 5.86. The lowest BCUT2D eigenvalue weighted by Crippen LogP contribution is -2.50. The number of carbonyl (C=O) groups is 2. The van der Waals surface area contributed by atoms with Crippen LogP contribution in [0.15, 0.2) is 76.2 Å². The minimum Gasteiger partial charge on any atom is -0.459 e. The van der Waals surface area contributed by atoms with Crippen LogP contribution in [0.25, 0.3) is 0 Å². The first-order valence-electron chi connectivity index (χ1n) is 11.3. The molecule has 3 aromatic rings. The van der Waals surface area contributed by atoms with Gasteiger partial charge in [-0.1, -0.05) is 30.3 Å². The molecule has 1 fully saturated rings. The monoisotopic (exact) mass is 495 g/mol. The van der Waals surface area contributed by atoms with Gasteiger partial charge in [0, 0.05) is 31.7 Å². The number of nitrogens with zero attached hydrogens (tertiary/aromatic N) is 2. The maximum Gasteiger partial charge on any atom is 0.290 e. The Morgan fingerprint density at radius 1 is 0.943 bits per heavy atom. The van der Waals surface area contributed by atoms with Crippen LogP contribution in [0.4, 0.5) is 5.69 Å². The third-order valence-corrected chi connectivity index (χ3v) is 8.15. The van der Waals surface area contributed by atoms with E-state index < -0.39 is 22.0 Å². The van der Waals surface area contributed by atoms with Gasteiger partial charge in [-0.3, -0.25) is 9.59 Å². The summed E-state index contributed by atoms with van der Waals surface area (Å²) in [5.41, 5.74) is 2.29. The molecule has 1 saturated heterocycles. The molecular formula is C25H25N3O6S. The number of rotatable bonds is 5. The Balaban J connectivity index is 1.40. The number of amides is 2. The minimum absolute atomic E-state index is 0.0923. The van der Waals surface area contributed by atoms with Gasteiger partial charge in [-0.25, -0.2) is 8.42 Å². The average Bonchev–Trinajstić information content (AvgIpc) is 3.43. The highest BCUT2D eigenvalue weighted by atomic mass is 32.2. The molecule has 10 heteroatoms. The molecule has 1 atom stereocenters. The molecule has 1 unspecified atom stereocenters. The number of morpholine rings is 1. The molecule has 0 radical (unpaired) electrons. The van der Waals surface area contributed by atoms with E-state index in [0.717, 1.165) is 11.1 Å². The molecule has 0 aliphatic carbocycles. The van der Waals surface area contributed by atoms with Crippen LogP contribution in [-0.4, -0.2) is 61.8 Å². The van der Waals surface area contributed by atoms with Crippen molar-refractivity contribution in [3.63, 3.8) is 0 Å². The highest BCUT2D eigenvalue weighted by Gasteiger charge is 2.36. The summed E-state index contributed by atoms with van der Waals surface area (Å²) in [4.78, 5) is 28.2. The van der Waals surface area contributed by atoms with E-state index in [4.69, 9.17) is 9.15 Å². The summed E-state index contributed by atoms with van der Waals surface area (Å²) in [6.45, 7) is 1.52. The van der Waals surface area contributed by atoms with Crippen molar-refractivity contribution < 1.29 is 27.2 Å². The van der Waals surface area contributed by atoms with Gasteiger partial charge in [-0.2, -0.15) is 4.31 Å². The van der Waals surface area contributed by atoms with Gasteiger partial charge in [0.1, 0.15) is 6.04 Å². The van der Waals surface area contributed by atoms with Gasteiger partial charge in [0.25, 0.3) is 5.91 Å². The SMILES string of the molecule is O=C(Nc1cccc(S(=O)(=O)N2CCOCC2)c1)C1Cc2ccccc2CN1C(=O)c1ccco1. The van der Waals surface area contributed by atoms with E-state index in [-0.39, 0.29) is 36.2 Å². The molecule has 2 amide bonds. The van der Waals surface area contributed by atoms with Crippen LogP contribution in [0.1, 0.15) is 21.7 Å². The fraction of sp³-hybridized carbons (Fsp3) is 0.280. The fourth-order valence-electron chi connectivity index (χ4n) is 4.41. The number of carbonyl (C=O) groups excluding carboxylic acids is 2. The van der Waals surface area contributed by atoms with Crippen LogP contribution in [0.2, 0.25) is 0 Å². The lowest BCUT2D eigenvalue weighted by atomic mass is 9.93. The molecule has 1 aromatic heterocycles. The predicted molar refractivity (Wildman–Crippen MR) is 127 cm³/mol. The van der Waals surface area contributed by atoms with E-state index in [1.807, 2.05) is 24.3 Å². The molecule has 0 saturated carbocycles. The zero-order valence-corrected chi connectivity index (χ0v) is 19.7. The number of fused-ring (bicyclic) bond motifs is 1. The Labute approximate surface area is 203 Å². The van der Waals surface area contributed by atoms with Crippen molar-refractivity contribution in [3.05, 3.63) is 83.8 Å². The van der Waals surface area contributed by atoms with Gasteiger partial charge in [-0.15, -0.1) is 0 Å². The smallest absolute Gasteiger partial charge is 0.290 e. The summed E-state index contributed by atoms with van der Waals surface area (Å²) < 4.78 is 38.0. The molecule has 0 bridgehead atoms. The molecule has 9 nitrogen and oxygen atoms in total. The van der Waals surface area contributed by atoms with E-state index in [2.05, 4.69) is 5.32 Å². The van der Waals surface area contributed by atoms with Gasteiger partial charge >= 0.3 is 0 Å². The van der Waals surface area contributed by atoms with Gasteiger partial charge in [0.15, 0.2) is 5.76 Å². The molecular weight excluding hydrogens is 470 g/mol. The summed E-state index contributed by atoms with van der Waals surface area (Å²) in [6.07, 6.45) is 1.75. The average molecular weight is 496 g/mol. The van der Waals surface area contributed by atoms with Gasteiger partial charge in [0.2, 0.25) is 15.9 Å². The molecule has 2 aliphatic heterocycles. The van der Waals surface area contributed by atoms with Crippen LogP contribution in [0.5, 0.6) is 0 Å². The molecule has 1 N–H and O–H groups in total. The third-order valence-electron chi connectivity index (χ3n) is 6.25. The molecule has 3 heterocycles. The van der Waals surface area contributed by atoms with E-state index in [1.165, 1.54) is 27.6 Å². The second kappa shape index (κ2) is 9.65. The maximum atomic E-state index is 13.4. The second-order valence-electron chi connectivity index (χ2n) is 8.43. The van der Waals surface area contributed by atoms with Crippen LogP contribution in [0, 0.1) is 0 Å². The van der Waals surface area contributed by atoms with Crippen molar-refractivity contribution in [1.29, 1.82) is 0 Å². The zero-order chi connectivity index (χ0) is 24.4. The molecule has 0 spiro atoms. The van der Waals surface area contributed by atoms with E-state index in [1.54, 1.807) is 24.3 Å². The topological polar surface area (TPSA) is 109 Å². The van der Waals surface area contributed by atoms with Crippen molar-refractivity contribution in [2.45, 2.75) is 23.9 Å². The first-order valence-corrected chi connectivity index (χ1v) is 12.8. The molecule has 35 heavy (non-hydrogen) atoms. The Hall–Kier alpha value is -3.47. The summed E-state index contributed by atoms with van der Waals surface area (Å²) in [7, 11) is -3.71. The Kier molecular flexibility index (Phi) is 6.42. The van der Waals surface area contributed by atoms with E-state index in [0.29, 0.717) is 25.3 Å². The Morgan fingerprint density at radius 2 is 1.71 bits per heavy atom. The number of sulfonamides is 1. The molecule has 182 valence electrons. The van der Waals surface area contributed by atoms with Crippen LogP contribution < -0.4 is 5.32 Å². The van der Waals surface area contributed by atoms with Gasteiger partial charge in [0.05, 0.1) is 24.4 Å². The lowest BCUT2D eigenvalue weighted by Gasteiger charge is -2.35. The summed E-state index contributed by atoms with van der Waals surface area (Å²) in [5.74, 6) is -0.630. The maximum absolute atomic E-state index is 13.4. The Morgan fingerprint density at radius 3 is 2.46 bits per heavy atom. The molecule has 5 rings (SSSR count). The predicted octanol–water partition coefficient (Wildman–Crippen LogP) is 2.51. The second-order valence-corrected chi connectivity index (χ2v) is 10.4. The van der Waals surface area contributed by atoms with Crippen LogP contribution >= 0.6 is 0 Å². The number of hydrogen-bond donors (Lipinski definition) is 1. The van der Waals surface area contributed by atoms with Crippen molar-refractivity contribution in [1.82, 2.24) is 9.21 Å². The van der Waals surface area contributed by atoms with Crippen molar-refractivity contribution >= 4 is 27.5 Å². The van der Waals surface area contributed by atoms with Gasteiger partial charge < -0.3 is 19.4 Å². The number of hydrogen-bond acceptors (Lipinski definition) is 6. The summed E-state index contributed by atoms with van der Waals surface area (Å²) in [6, 6.07) is 16.2. The summed E-state index contributed by atoms with van der Waals surface area (Å²) >= 11 is 0. The number of benzene rings is 2. The van der Waals surface area contributed by atoms with Crippen molar-refractivity contribution in [3.8, 4) is 0 Å². The van der Waals surface area contributed by atoms with Crippen LogP contribution in [0.3, 0.4) is 0 Å². The third kappa shape index (κ3) is 4.72. The lowest BCUT2D eigenvalue weighted by molar-refractivity contribution is -0.121. The van der Waals surface area contributed by atoms with Gasteiger partial charge in [-0.05, 0) is 41.5 Å². The van der Waals surface area contributed by atoms with Crippen LogP contribution in [-0.2, 0) is 32.5 Å². The quantitative estimate of drug-likeness (QED) is 0.583. The largest absolute Gasteiger partial charge is 0.459 e.